The van der Waals surface area contributed by atoms with E-state index < -0.39 is 6.61 Å². The summed E-state index contributed by atoms with van der Waals surface area (Å²) in [7, 11) is 1.70. The lowest BCUT2D eigenvalue weighted by molar-refractivity contribution is -0.124. The summed E-state index contributed by atoms with van der Waals surface area (Å²) in [4.78, 5) is 20.6. The van der Waals surface area contributed by atoms with Crippen molar-refractivity contribution < 1.29 is 28.2 Å². The lowest BCUT2D eigenvalue weighted by Gasteiger charge is -2.36. The number of thiazole rings is 1. The Morgan fingerprint density at radius 3 is 2.51 bits per heavy atom. The molecule has 9 heteroatoms. The smallest absolute Gasteiger partial charge is 0.389 e. The number of carbonyl (C=O) groups excluding carboxylic acids is 1. The molecule has 0 saturated heterocycles. The van der Waals surface area contributed by atoms with Crippen LogP contribution in [0.5, 0.6) is 10.9 Å². The van der Waals surface area contributed by atoms with Crippen LogP contribution < -0.4 is 14.4 Å². The Hall–Kier alpha value is -3.04. The summed E-state index contributed by atoms with van der Waals surface area (Å²) in [5.41, 5.74) is 4.11. The van der Waals surface area contributed by atoms with Gasteiger partial charge in [0, 0.05) is 24.3 Å². The Labute approximate surface area is 244 Å². The SMILES string of the molecule is COc1ccc([C@H]2CC[C@H](CN(c3cccc(-c4cnc(OC(F)F)s4)c3)C(=O)[C@H]3CC[C@H](O)CC3)CC2)cc1C. The van der Waals surface area contributed by atoms with Gasteiger partial charge in [-0.05, 0) is 105 Å². The van der Waals surface area contributed by atoms with E-state index in [2.05, 4.69) is 34.8 Å². The second-order valence-corrected chi connectivity index (χ2v) is 12.3. The highest BCUT2D eigenvalue weighted by Gasteiger charge is 2.32. The Morgan fingerprint density at radius 1 is 1.07 bits per heavy atom. The molecule has 41 heavy (non-hydrogen) atoms. The van der Waals surface area contributed by atoms with Crippen LogP contribution in [0.1, 0.15) is 68.4 Å². The molecule has 2 aliphatic carbocycles. The zero-order chi connectivity index (χ0) is 28.9. The number of nitrogens with zero attached hydrogens (tertiary/aromatic N) is 2. The molecule has 0 atom stereocenters. The molecular formula is C32H38F2N2O4S. The van der Waals surface area contributed by atoms with Crippen LogP contribution in [0.3, 0.4) is 0 Å². The van der Waals surface area contributed by atoms with Crippen molar-refractivity contribution in [1.29, 1.82) is 0 Å². The molecule has 2 saturated carbocycles. The van der Waals surface area contributed by atoms with E-state index in [1.807, 2.05) is 29.2 Å². The number of aryl methyl sites for hydroxylation is 1. The van der Waals surface area contributed by atoms with Gasteiger partial charge in [-0.3, -0.25) is 4.79 Å². The monoisotopic (exact) mass is 584 g/mol. The lowest BCUT2D eigenvalue weighted by Crippen LogP contribution is -2.41. The summed E-state index contributed by atoms with van der Waals surface area (Å²) in [6.45, 7) is -0.210. The normalized spacial score (nSPS) is 22.9. The molecule has 1 amide bonds. The number of aromatic nitrogens is 1. The topological polar surface area (TPSA) is 71.9 Å². The van der Waals surface area contributed by atoms with Crippen molar-refractivity contribution in [3.05, 3.63) is 59.8 Å². The number of alkyl halides is 2. The average molecular weight is 585 g/mol. The van der Waals surface area contributed by atoms with E-state index in [0.717, 1.165) is 59.6 Å². The molecular weight excluding hydrogens is 546 g/mol. The number of halogens is 2. The van der Waals surface area contributed by atoms with Crippen molar-refractivity contribution in [1.82, 2.24) is 4.98 Å². The van der Waals surface area contributed by atoms with Crippen LogP contribution in [0, 0.1) is 18.8 Å². The quantitative estimate of drug-likeness (QED) is 0.281. The molecule has 0 bridgehead atoms. The van der Waals surface area contributed by atoms with Crippen LogP contribution in [0.15, 0.2) is 48.7 Å². The van der Waals surface area contributed by atoms with E-state index >= 15 is 0 Å². The Kier molecular flexibility index (Phi) is 9.55. The number of amides is 1. The predicted octanol–water partition coefficient (Wildman–Crippen LogP) is 7.59. The van der Waals surface area contributed by atoms with Gasteiger partial charge in [-0.25, -0.2) is 4.98 Å². The second-order valence-electron chi connectivity index (χ2n) is 11.3. The largest absolute Gasteiger partial charge is 0.496 e. The number of benzene rings is 2. The van der Waals surface area contributed by atoms with E-state index in [9.17, 15) is 18.7 Å². The number of aliphatic hydroxyl groups excluding tert-OH is 1. The van der Waals surface area contributed by atoms with Gasteiger partial charge < -0.3 is 19.5 Å². The first kappa shape index (κ1) is 29.5. The molecule has 0 radical (unpaired) electrons. The highest BCUT2D eigenvalue weighted by Crippen LogP contribution is 2.39. The maximum absolute atomic E-state index is 14.0. The van der Waals surface area contributed by atoms with Gasteiger partial charge in [0.25, 0.3) is 5.19 Å². The Morgan fingerprint density at radius 2 is 1.83 bits per heavy atom. The third kappa shape index (κ3) is 7.25. The van der Waals surface area contributed by atoms with Gasteiger partial charge in [0.05, 0.1) is 18.1 Å². The van der Waals surface area contributed by atoms with E-state index in [1.54, 1.807) is 7.11 Å². The van der Waals surface area contributed by atoms with Crippen molar-refractivity contribution in [2.75, 3.05) is 18.6 Å². The molecule has 220 valence electrons. The molecule has 2 aliphatic rings. The molecule has 0 aliphatic heterocycles. The van der Waals surface area contributed by atoms with Crippen molar-refractivity contribution in [2.24, 2.45) is 11.8 Å². The molecule has 0 unspecified atom stereocenters. The summed E-state index contributed by atoms with van der Waals surface area (Å²) in [5, 5.41) is 9.93. The van der Waals surface area contributed by atoms with Crippen molar-refractivity contribution in [2.45, 2.75) is 76.9 Å². The predicted molar refractivity (Wildman–Crippen MR) is 157 cm³/mol. The van der Waals surface area contributed by atoms with E-state index in [0.29, 0.717) is 48.9 Å². The third-order valence-electron chi connectivity index (χ3n) is 8.61. The summed E-state index contributed by atoms with van der Waals surface area (Å²) in [5.74, 6) is 1.77. The first-order chi connectivity index (χ1) is 19.8. The number of carbonyl (C=O) groups is 1. The van der Waals surface area contributed by atoms with Crippen molar-refractivity contribution in [3.8, 4) is 21.4 Å². The minimum atomic E-state index is -2.92. The van der Waals surface area contributed by atoms with Gasteiger partial charge >= 0.3 is 6.61 Å². The van der Waals surface area contributed by atoms with Crippen LogP contribution in [0.4, 0.5) is 14.5 Å². The molecule has 2 fully saturated rings. The number of methoxy groups -OCH3 is 1. The summed E-state index contributed by atoms with van der Waals surface area (Å²) in [6.07, 6.45) is 8.06. The second kappa shape index (κ2) is 13.3. The van der Waals surface area contributed by atoms with Gasteiger partial charge in [-0.1, -0.05) is 35.6 Å². The minimum Gasteiger partial charge on any atom is -0.496 e. The molecule has 2 aromatic carbocycles. The Bertz CT molecular complexity index is 1320. The van der Waals surface area contributed by atoms with E-state index in [4.69, 9.17) is 4.74 Å². The van der Waals surface area contributed by atoms with Crippen LogP contribution in [-0.2, 0) is 4.79 Å². The van der Waals surface area contributed by atoms with Gasteiger partial charge in [-0.15, -0.1) is 0 Å². The minimum absolute atomic E-state index is 0.0853. The summed E-state index contributed by atoms with van der Waals surface area (Å²) < 4.78 is 35.2. The van der Waals surface area contributed by atoms with Crippen LogP contribution >= 0.6 is 11.3 Å². The summed E-state index contributed by atoms with van der Waals surface area (Å²) >= 11 is 1.06. The first-order valence-electron chi connectivity index (χ1n) is 14.5. The van der Waals surface area contributed by atoms with Crippen LogP contribution in [0.25, 0.3) is 10.4 Å². The zero-order valence-corrected chi connectivity index (χ0v) is 24.4. The fourth-order valence-electron chi connectivity index (χ4n) is 6.31. The summed E-state index contributed by atoms with van der Waals surface area (Å²) in [6, 6.07) is 14.1. The molecule has 1 N–H and O–H groups in total. The fraction of sp³-hybridized carbons (Fsp3) is 0.500. The highest BCUT2D eigenvalue weighted by molar-refractivity contribution is 7.16. The van der Waals surface area contributed by atoms with Crippen molar-refractivity contribution >= 4 is 22.9 Å². The number of anilines is 1. The molecule has 0 spiro atoms. The number of rotatable bonds is 9. The van der Waals surface area contributed by atoms with Gasteiger partial charge in [-0.2, -0.15) is 8.78 Å². The van der Waals surface area contributed by atoms with Gasteiger partial charge in [0.1, 0.15) is 5.75 Å². The Balaban J connectivity index is 1.33. The number of hydrogen-bond donors (Lipinski definition) is 1. The highest BCUT2D eigenvalue weighted by atomic mass is 32.1. The fourth-order valence-corrected chi connectivity index (χ4v) is 7.07. The third-order valence-corrected chi connectivity index (χ3v) is 9.54. The van der Waals surface area contributed by atoms with Gasteiger partial charge in [0.2, 0.25) is 5.91 Å². The van der Waals surface area contributed by atoms with Crippen LogP contribution in [-0.4, -0.2) is 42.4 Å². The number of hydrogen-bond acceptors (Lipinski definition) is 6. The number of aliphatic hydroxyl groups is 1. The lowest BCUT2D eigenvalue weighted by atomic mass is 9.78. The van der Waals surface area contributed by atoms with E-state index in [1.165, 1.54) is 11.8 Å². The molecule has 3 aromatic rings. The standard InChI is InChI=1S/C32H38F2N2O4S/c1-20-16-24(12-15-28(20)39-2)22-8-6-21(7-9-22)19-36(30(38)23-10-13-27(37)14-11-23)26-5-3-4-25(17-26)29-18-35-32(41-29)40-31(33)34/h3-5,12,15-18,21-23,27,31,37H,6-11,13-14,19H2,1-2H3/t21-,22-,23-,27-. The first-order valence-corrected chi connectivity index (χ1v) is 15.3. The van der Waals surface area contributed by atoms with E-state index in [-0.39, 0.29) is 23.1 Å². The molecule has 1 heterocycles. The maximum atomic E-state index is 14.0. The number of ether oxygens (including phenoxy) is 2. The van der Waals surface area contributed by atoms with Crippen LogP contribution in [0.2, 0.25) is 0 Å². The van der Waals surface area contributed by atoms with Gasteiger partial charge in [0.15, 0.2) is 0 Å². The maximum Gasteiger partial charge on any atom is 0.389 e. The van der Waals surface area contributed by atoms with Crippen molar-refractivity contribution in [3.63, 3.8) is 0 Å². The zero-order valence-electron chi connectivity index (χ0n) is 23.6. The molecule has 6 nitrogen and oxygen atoms in total. The average Bonchev–Trinajstić information content (AvgIpc) is 3.44. The molecule has 5 rings (SSSR count). The molecule has 1 aromatic heterocycles.